The molecule has 2 N–H and O–H groups in total. The molecule has 0 bridgehead atoms. The first-order valence-corrected chi connectivity index (χ1v) is 15.1. The summed E-state index contributed by atoms with van der Waals surface area (Å²) in [7, 11) is -3.93. The van der Waals surface area contributed by atoms with Gasteiger partial charge in [-0.25, -0.2) is 13.8 Å². The molecule has 218 valence electrons. The van der Waals surface area contributed by atoms with Crippen LogP contribution in [-0.2, 0) is 39.1 Å². The highest BCUT2D eigenvalue weighted by Gasteiger charge is 2.26. The van der Waals surface area contributed by atoms with Crippen molar-refractivity contribution in [1.29, 1.82) is 0 Å². The van der Waals surface area contributed by atoms with Gasteiger partial charge >= 0.3 is 11.8 Å². The van der Waals surface area contributed by atoms with Gasteiger partial charge in [0.25, 0.3) is 0 Å². The van der Waals surface area contributed by atoms with E-state index in [1.54, 1.807) is 54.6 Å². The van der Waals surface area contributed by atoms with E-state index in [2.05, 4.69) is 15.8 Å². The van der Waals surface area contributed by atoms with E-state index >= 15 is 0 Å². The molecule has 0 spiro atoms. The molecule has 3 aromatic carbocycles. The molecule has 0 saturated heterocycles. The Morgan fingerprint density at radius 1 is 0.881 bits per heavy atom. The number of carbonyl (C=O) groups excluding carboxylic acids is 2. The molecule has 0 aliphatic carbocycles. The van der Waals surface area contributed by atoms with Crippen LogP contribution in [0.3, 0.4) is 0 Å². The molecule has 12 heteroatoms. The van der Waals surface area contributed by atoms with Gasteiger partial charge in [0.15, 0.2) is 0 Å². The minimum Gasteiger partial charge on any atom is -0.459 e. The summed E-state index contributed by atoms with van der Waals surface area (Å²) >= 11 is 12.2. The highest BCUT2D eigenvalue weighted by atomic mass is 35.5. The van der Waals surface area contributed by atoms with Gasteiger partial charge in [-0.1, -0.05) is 77.3 Å². The van der Waals surface area contributed by atoms with Crippen molar-refractivity contribution in [2.75, 3.05) is 6.54 Å². The number of hydrogen-bond acceptors (Lipinski definition) is 6. The molecule has 0 aliphatic rings. The number of benzene rings is 3. The van der Waals surface area contributed by atoms with Crippen molar-refractivity contribution in [3.05, 3.63) is 123 Å². The summed E-state index contributed by atoms with van der Waals surface area (Å²) in [5.74, 6) is -1.17. The zero-order valence-electron chi connectivity index (χ0n) is 22.6. The predicted molar refractivity (Wildman–Crippen MR) is 162 cm³/mol. The average molecular weight is 628 g/mol. The van der Waals surface area contributed by atoms with E-state index in [0.717, 1.165) is 11.1 Å². The molecule has 2 amide bonds. The summed E-state index contributed by atoms with van der Waals surface area (Å²) in [5, 5.41) is 6.98. The number of furan rings is 1. The van der Waals surface area contributed by atoms with E-state index in [4.69, 9.17) is 27.6 Å². The van der Waals surface area contributed by atoms with Gasteiger partial charge in [-0.15, -0.1) is 0 Å². The molecule has 42 heavy (non-hydrogen) atoms. The summed E-state index contributed by atoms with van der Waals surface area (Å²) in [5.41, 5.74) is 4.75. The number of sulfonamides is 1. The number of nitrogens with one attached hydrogen (secondary N) is 2. The van der Waals surface area contributed by atoms with Crippen LogP contribution in [0.5, 0.6) is 0 Å². The second-order valence-electron chi connectivity index (χ2n) is 9.33. The summed E-state index contributed by atoms with van der Waals surface area (Å²) in [6.45, 7) is 2.08. The lowest BCUT2D eigenvalue weighted by Gasteiger charge is -2.22. The van der Waals surface area contributed by atoms with Crippen molar-refractivity contribution in [3.63, 3.8) is 0 Å². The first-order chi connectivity index (χ1) is 20.1. The molecular weight excluding hydrogens is 599 g/mol. The van der Waals surface area contributed by atoms with E-state index < -0.39 is 21.8 Å². The standard InChI is InChI=1S/C30H28Cl2N4O5S/c1-21-7-12-26(13-8-21)42(39,40)36(19-23-9-14-27(31)28(32)17-23)20-25-11-10-24(41-25)18-34-35-30(38)29(37)33-16-15-22-5-3-2-4-6-22/h2-14,17-18H,15-16,19-20H2,1H3,(H,33,37)(H,35,38)/b34-18+. The monoisotopic (exact) mass is 626 g/mol. The molecule has 4 aromatic rings. The lowest BCUT2D eigenvalue weighted by atomic mass is 10.1. The Labute approximate surface area is 254 Å². The van der Waals surface area contributed by atoms with Crippen LogP contribution in [-0.4, -0.2) is 37.3 Å². The van der Waals surface area contributed by atoms with E-state index in [1.165, 1.54) is 10.5 Å². The molecule has 0 unspecified atom stereocenters. The minimum atomic E-state index is -3.93. The SMILES string of the molecule is Cc1ccc(S(=O)(=O)N(Cc2ccc(Cl)c(Cl)c2)Cc2ccc(/C=N/NC(=O)C(=O)NCCc3ccccc3)o2)cc1. The van der Waals surface area contributed by atoms with Crippen molar-refractivity contribution in [2.45, 2.75) is 31.3 Å². The van der Waals surface area contributed by atoms with Gasteiger partial charge in [-0.05, 0) is 60.9 Å². The number of hydrogen-bond donors (Lipinski definition) is 2. The number of carbonyl (C=O) groups is 2. The Morgan fingerprint density at radius 3 is 2.33 bits per heavy atom. The maximum atomic E-state index is 13.6. The van der Waals surface area contributed by atoms with Gasteiger partial charge in [0, 0.05) is 13.1 Å². The van der Waals surface area contributed by atoms with Gasteiger partial charge in [-0.3, -0.25) is 9.59 Å². The fraction of sp³-hybridized carbons (Fsp3) is 0.167. The van der Waals surface area contributed by atoms with E-state index in [0.29, 0.717) is 34.3 Å². The molecule has 0 atom stereocenters. The molecule has 4 rings (SSSR count). The highest BCUT2D eigenvalue weighted by Crippen LogP contribution is 2.26. The molecule has 1 aromatic heterocycles. The molecule has 0 aliphatic heterocycles. The van der Waals surface area contributed by atoms with Crippen molar-refractivity contribution < 1.29 is 22.4 Å². The second kappa shape index (κ2) is 14.3. The number of rotatable bonds is 11. The number of halogens is 2. The molecule has 0 saturated carbocycles. The predicted octanol–water partition coefficient (Wildman–Crippen LogP) is 5.09. The van der Waals surface area contributed by atoms with Gasteiger partial charge in [-0.2, -0.15) is 9.41 Å². The Balaban J connectivity index is 1.40. The number of nitrogens with zero attached hydrogens (tertiary/aromatic N) is 2. The molecule has 9 nitrogen and oxygen atoms in total. The van der Waals surface area contributed by atoms with Crippen molar-refractivity contribution in [1.82, 2.24) is 15.0 Å². The third-order valence-electron chi connectivity index (χ3n) is 6.12. The first kappa shape index (κ1) is 31.0. The Hall–Kier alpha value is -3.96. The van der Waals surface area contributed by atoms with Gasteiger partial charge in [0.05, 0.1) is 27.7 Å². The van der Waals surface area contributed by atoms with E-state index in [1.807, 2.05) is 37.3 Å². The number of amides is 2. The Bertz CT molecular complexity index is 1670. The normalized spacial score (nSPS) is 11.6. The second-order valence-corrected chi connectivity index (χ2v) is 12.1. The Kier molecular flexibility index (Phi) is 10.5. The third kappa shape index (κ3) is 8.53. The maximum Gasteiger partial charge on any atom is 0.329 e. The fourth-order valence-corrected chi connectivity index (χ4v) is 5.62. The van der Waals surface area contributed by atoms with Crippen LogP contribution in [0.25, 0.3) is 0 Å². The van der Waals surface area contributed by atoms with Crippen LogP contribution < -0.4 is 10.7 Å². The minimum absolute atomic E-state index is 0.00661. The number of aryl methyl sites for hydroxylation is 1. The summed E-state index contributed by atoms with van der Waals surface area (Å²) in [4.78, 5) is 24.2. The van der Waals surface area contributed by atoms with E-state index in [9.17, 15) is 18.0 Å². The highest BCUT2D eigenvalue weighted by molar-refractivity contribution is 7.89. The third-order valence-corrected chi connectivity index (χ3v) is 8.67. The first-order valence-electron chi connectivity index (χ1n) is 12.9. The van der Waals surface area contributed by atoms with Gasteiger partial charge < -0.3 is 9.73 Å². The molecule has 1 heterocycles. The summed E-state index contributed by atoms with van der Waals surface area (Å²) in [6.07, 6.45) is 1.80. The number of hydrazone groups is 1. The topological polar surface area (TPSA) is 121 Å². The lowest BCUT2D eigenvalue weighted by molar-refractivity contribution is -0.139. The summed E-state index contributed by atoms with van der Waals surface area (Å²) < 4.78 is 34.2. The molecule has 0 fully saturated rings. The summed E-state index contributed by atoms with van der Waals surface area (Å²) in [6, 6.07) is 24.2. The zero-order valence-corrected chi connectivity index (χ0v) is 24.9. The van der Waals surface area contributed by atoms with Crippen LogP contribution in [0.15, 0.2) is 99.3 Å². The lowest BCUT2D eigenvalue weighted by Crippen LogP contribution is -2.38. The van der Waals surface area contributed by atoms with E-state index in [-0.39, 0.29) is 23.7 Å². The quantitative estimate of drug-likeness (QED) is 0.136. The van der Waals surface area contributed by atoms with Gasteiger partial charge in [0.2, 0.25) is 10.0 Å². The fourth-order valence-electron chi connectivity index (χ4n) is 3.90. The molecule has 0 radical (unpaired) electrons. The average Bonchev–Trinajstić information content (AvgIpc) is 3.42. The van der Waals surface area contributed by atoms with Crippen molar-refractivity contribution in [2.24, 2.45) is 5.10 Å². The Morgan fingerprint density at radius 2 is 1.62 bits per heavy atom. The molecular formula is C30H28Cl2N4O5S. The van der Waals surface area contributed by atoms with Crippen LogP contribution in [0.2, 0.25) is 10.0 Å². The van der Waals surface area contributed by atoms with Crippen LogP contribution in [0.4, 0.5) is 0 Å². The zero-order chi connectivity index (χ0) is 30.1. The largest absolute Gasteiger partial charge is 0.459 e. The smallest absolute Gasteiger partial charge is 0.329 e. The van der Waals surface area contributed by atoms with Crippen LogP contribution in [0.1, 0.15) is 28.2 Å². The van der Waals surface area contributed by atoms with Crippen molar-refractivity contribution in [3.8, 4) is 0 Å². The van der Waals surface area contributed by atoms with Crippen molar-refractivity contribution >= 4 is 51.3 Å². The maximum absolute atomic E-state index is 13.6. The van der Waals surface area contributed by atoms with Crippen LogP contribution in [0, 0.1) is 6.92 Å². The van der Waals surface area contributed by atoms with Crippen LogP contribution >= 0.6 is 23.2 Å². The van der Waals surface area contributed by atoms with Gasteiger partial charge in [0.1, 0.15) is 11.5 Å².